The lowest BCUT2D eigenvalue weighted by Crippen LogP contribution is -2.38. The Bertz CT molecular complexity index is 858. The largest absolute Gasteiger partial charge is 0.462 e. The van der Waals surface area contributed by atoms with Crippen LogP contribution in [0.3, 0.4) is 0 Å². The van der Waals surface area contributed by atoms with Gasteiger partial charge in [-0.25, -0.2) is 4.79 Å². The summed E-state index contributed by atoms with van der Waals surface area (Å²) in [6.07, 6.45) is -0.228. The highest BCUT2D eigenvalue weighted by atomic mass is 35.5. The van der Waals surface area contributed by atoms with E-state index in [4.69, 9.17) is 21.1 Å². The zero-order valence-corrected chi connectivity index (χ0v) is 15.5. The van der Waals surface area contributed by atoms with Crippen molar-refractivity contribution in [3.05, 3.63) is 68.7 Å². The predicted octanol–water partition coefficient (Wildman–Crippen LogP) is 4.00. The summed E-state index contributed by atoms with van der Waals surface area (Å²) in [7, 11) is 0. The molecule has 1 unspecified atom stereocenters. The van der Waals surface area contributed by atoms with E-state index in [2.05, 4.69) is 0 Å². The lowest BCUT2D eigenvalue weighted by molar-refractivity contribution is -0.385. The van der Waals surface area contributed by atoms with Gasteiger partial charge in [-0.1, -0.05) is 29.8 Å². The zero-order valence-electron chi connectivity index (χ0n) is 14.8. The molecule has 0 spiro atoms. The summed E-state index contributed by atoms with van der Waals surface area (Å²) in [5, 5.41) is 11.9. The molecule has 3 rings (SSSR count). The minimum atomic E-state index is -0.707. The minimum absolute atomic E-state index is 0.0554. The van der Waals surface area contributed by atoms with Crippen molar-refractivity contribution in [2.24, 2.45) is 0 Å². The Hall–Kier alpha value is -2.64. The summed E-state index contributed by atoms with van der Waals surface area (Å²) >= 11 is 6.27. The van der Waals surface area contributed by atoms with Gasteiger partial charge in [0.1, 0.15) is 11.7 Å². The minimum Gasteiger partial charge on any atom is -0.462 e. The smallest absolute Gasteiger partial charge is 0.345 e. The highest BCUT2D eigenvalue weighted by Crippen LogP contribution is 2.32. The quantitative estimate of drug-likeness (QED) is 0.436. The van der Waals surface area contributed by atoms with E-state index in [1.807, 2.05) is 29.2 Å². The van der Waals surface area contributed by atoms with Crippen LogP contribution in [0.25, 0.3) is 0 Å². The maximum Gasteiger partial charge on any atom is 0.345 e. The molecule has 0 aliphatic carbocycles. The lowest BCUT2D eigenvalue weighted by Gasteiger charge is -2.35. The molecule has 7 nitrogen and oxygen atoms in total. The van der Waals surface area contributed by atoms with Crippen molar-refractivity contribution >= 4 is 28.9 Å². The fraction of sp³-hybridized carbons (Fsp3) is 0.316. The van der Waals surface area contributed by atoms with Crippen molar-refractivity contribution in [2.45, 2.75) is 13.0 Å². The Morgan fingerprint density at radius 3 is 2.85 bits per heavy atom. The van der Waals surface area contributed by atoms with E-state index < -0.39 is 10.9 Å². The Kier molecular flexibility index (Phi) is 5.93. The number of hydrogen-bond donors (Lipinski definition) is 0. The van der Waals surface area contributed by atoms with Crippen molar-refractivity contribution in [2.75, 3.05) is 31.2 Å². The number of hydrogen-bond acceptors (Lipinski definition) is 6. The molecule has 0 aromatic heterocycles. The molecular formula is C19H19ClN2O5. The molecule has 0 bridgehead atoms. The van der Waals surface area contributed by atoms with Crippen LogP contribution in [0, 0.1) is 10.1 Å². The number of carbonyl (C=O) groups excluding carboxylic acids is 1. The van der Waals surface area contributed by atoms with Crippen LogP contribution in [0.1, 0.15) is 28.9 Å². The third-order valence-corrected chi connectivity index (χ3v) is 4.70. The van der Waals surface area contributed by atoms with Gasteiger partial charge in [-0.05, 0) is 25.1 Å². The van der Waals surface area contributed by atoms with Gasteiger partial charge in [0, 0.05) is 35.4 Å². The molecule has 0 N–H and O–H groups in total. The van der Waals surface area contributed by atoms with Crippen molar-refractivity contribution in [3.63, 3.8) is 0 Å². The van der Waals surface area contributed by atoms with Crippen molar-refractivity contribution < 1.29 is 19.2 Å². The van der Waals surface area contributed by atoms with Crippen molar-refractivity contribution in [1.82, 2.24) is 0 Å². The van der Waals surface area contributed by atoms with Gasteiger partial charge < -0.3 is 14.4 Å². The number of anilines is 1. The van der Waals surface area contributed by atoms with Gasteiger partial charge in [0.15, 0.2) is 0 Å². The summed E-state index contributed by atoms with van der Waals surface area (Å²) in [5.74, 6) is -0.707. The summed E-state index contributed by atoms with van der Waals surface area (Å²) < 4.78 is 10.8. The van der Waals surface area contributed by atoms with Gasteiger partial charge in [0.2, 0.25) is 0 Å². The molecule has 1 aliphatic heterocycles. The first-order chi connectivity index (χ1) is 13.0. The summed E-state index contributed by atoms with van der Waals surface area (Å²) in [6.45, 7) is 3.39. The number of morpholine rings is 1. The molecule has 2 aromatic carbocycles. The van der Waals surface area contributed by atoms with Crippen molar-refractivity contribution in [3.8, 4) is 0 Å². The van der Waals surface area contributed by atoms with Crippen LogP contribution in [-0.2, 0) is 9.47 Å². The second kappa shape index (κ2) is 8.37. The third-order valence-electron chi connectivity index (χ3n) is 4.36. The topological polar surface area (TPSA) is 81.9 Å². The number of esters is 1. The first kappa shape index (κ1) is 19.1. The maximum atomic E-state index is 12.1. The van der Waals surface area contributed by atoms with Gasteiger partial charge in [0.25, 0.3) is 5.69 Å². The van der Waals surface area contributed by atoms with Crippen LogP contribution in [-0.4, -0.2) is 37.2 Å². The normalized spacial score (nSPS) is 16.8. The van der Waals surface area contributed by atoms with Crippen LogP contribution in [0.5, 0.6) is 0 Å². The fourth-order valence-corrected chi connectivity index (χ4v) is 3.32. The molecular weight excluding hydrogens is 372 g/mol. The fourth-order valence-electron chi connectivity index (χ4n) is 3.06. The Morgan fingerprint density at radius 2 is 2.15 bits per heavy atom. The Labute approximate surface area is 161 Å². The summed E-state index contributed by atoms with van der Waals surface area (Å²) in [4.78, 5) is 24.8. The lowest BCUT2D eigenvalue weighted by atomic mass is 10.1. The number of nitro groups is 1. The molecule has 1 heterocycles. The first-order valence-corrected chi connectivity index (χ1v) is 8.95. The van der Waals surface area contributed by atoms with Gasteiger partial charge in [-0.2, -0.15) is 0 Å². The average Bonchev–Trinajstić information content (AvgIpc) is 2.68. The van der Waals surface area contributed by atoms with Gasteiger partial charge >= 0.3 is 5.97 Å². The van der Waals surface area contributed by atoms with Gasteiger partial charge in [-0.3, -0.25) is 10.1 Å². The highest BCUT2D eigenvalue weighted by molar-refractivity contribution is 6.31. The molecule has 8 heteroatoms. The van der Waals surface area contributed by atoms with Crippen LogP contribution in [0.2, 0.25) is 5.02 Å². The van der Waals surface area contributed by atoms with Crippen LogP contribution < -0.4 is 4.90 Å². The molecule has 1 atom stereocenters. The van der Waals surface area contributed by atoms with E-state index in [0.717, 1.165) is 5.56 Å². The van der Waals surface area contributed by atoms with Crippen LogP contribution >= 0.6 is 11.6 Å². The van der Waals surface area contributed by atoms with E-state index in [1.165, 1.54) is 12.1 Å². The van der Waals surface area contributed by atoms with Crippen molar-refractivity contribution in [1.29, 1.82) is 0 Å². The molecule has 1 fully saturated rings. The SMILES string of the molecule is CCOC(=O)c1cc(N2CCOC(c3ccccc3Cl)C2)ccc1[N+](=O)[O-]. The third kappa shape index (κ3) is 4.20. The molecule has 142 valence electrons. The molecule has 0 saturated carbocycles. The second-order valence-corrected chi connectivity index (χ2v) is 6.41. The predicted molar refractivity (Wildman–Crippen MR) is 101 cm³/mol. The van der Waals surface area contributed by atoms with Gasteiger partial charge in [-0.15, -0.1) is 0 Å². The van der Waals surface area contributed by atoms with E-state index in [-0.39, 0.29) is 24.0 Å². The molecule has 27 heavy (non-hydrogen) atoms. The van der Waals surface area contributed by atoms with E-state index >= 15 is 0 Å². The summed E-state index contributed by atoms with van der Waals surface area (Å²) in [6, 6.07) is 11.9. The maximum absolute atomic E-state index is 12.1. The van der Waals surface area contributed by atoms with Crippen LogP contribution in [0.4, 0.5) is 11.4 Å². The first-order valence-electron chi connectivity index (χ1n) is 8.57. The van der Waals surface area contributed by atoms with Gasteiger partial charge in [0.05, 0.1) is 18.1 Å². The van der Waals surface area contributed by atoms with E-state index in [9.17, 15) is 14.9 Å². The number of carbonyl (C=O) groups is 1. The number of halogens is 1. The van der Waals surface area contributed by atoms with E-state index in [1.54, 1.807) is 13.0 Å². The molecule has 1 saturated heterocycles. The standard InChI is InChI=1S/C19H19ClN2O5/c1-2-26-19(23)15-11-13(7-8-17(15)22(24)25)21-9-10-27-18(12-21)14-5-3-4-6-16(14)20/h3-8,11,18H,2,9-10,12H2,1H3. The van der Waals surface area contributed by atoms with E-state index in [0.29, 0.717) is 30.4 Å². The monoisotopic (exact) mass is 390 g/mol. The number of benzene rings is 2. The number of nitro benzene ring substituents is 1. The Balaban J connectivity index is 1.89. The molecule has 0 radical (unpaired) electrons. The average molecular weight is 391 g/mol. The van der Waals surface area contributed by atoms with Crippen LogP contribution in [0.15, 0.2) is 42.5 Å². The zero-order chi connectivity index (χ0) is 19.4. The number of nitrogens with zero attached hydrogens (tertiary/aromatic N) is 2. The molecule has 0 amide bonds. The second-order valence-electron chi connectivity index (χ2n) is 6.01. The number of ether oxygens (including phenoxy) is 2. The molecule has 1 aliphatic rings. The number of rotatable bonds is 5. The Morgan fingerprint density at radius 1 is 1.37 bits per heavy atom. The molecule has 2 aromatic rings. The highest BCUT2D eigenvalue weighted by Gasteiger charge is 2.27. The summed E-state index contributed by atoms with van der Waals surface area (Å²) in [5.41, 5.74) is 1.26.